The van der Waals surface area contributed by atoms with Gasteiger partial charge < -0.3 is 0 Å². The molecule has 0 aliphatic heterocycles. The van der Waals surface area contributed by atoms with Gasteiger partial charge in [0.25, 0.3) is 0 Å². The second-order valence-corrected chi connectivity index (χ2v) is 9.59. The first-order valence-electron chi connectivity index (χ1n) is 13.0. The van der Waals surface area contributed by atoms with E-state index < -0.39 is 0 Å². The van der Waals surface area contributed by atoms with Crippen molar-refractivity contribution < 1.29 is 0 Å². The van der Waals surface area contributed by atoms with Gasteiger partial charge in [0.2, 0.25) is 0 Å². The van der Waals surface area contributed by atoms with Gasteiger partial charge in [0, 0.05) is 31.1 Å². The van der Waals surface area contributed by atoms with Gasteiger partial charge in [-0.3, -0.25) is 4.98 Å². The highest BCUT2D eigenvalue weighted by Gasteiger charge is 2.17. The molecule has 0 unspecified atom stereocenters. The van der Waals surface area contributed by atoms with Crippen molar-refractivity contribution in [2.75, 3.05) is 0 Å². The van der Waals surface area contributed by atoms with Gasteiger partial charge in [-0.25, -0.2) is 14.8 Å². The maximum Gasteiger partial charge on any atom is 0.198 e. The highest BCUT2D eigenvalue weighted by molar-refractivity contribution is 5.77. The number of aryl methyl sites for hydroxylation is 2. The standard InChI is InChI=1S/C27H34N8/c1-2-3-18-35-25(29-24(32-35)16-13-20-8-5-4-6-9-20)19-21-11-14-22(15-12-21)23-10-7-17-28-26(23)27-30-33-34-31-27/h7,10-12,14-15,17,20H,2-6,8-9,13,16,18-19H2,1H3,(H,30,31,33,34). The van der Waals surface area contributed by atoms with Crippen molar-refractivity contribution in [1.29, 1.82) is 0 Å². The first-order chi connectivity index (χ1) is 17.3. The summed E-state index contributed by atoms with van der Waals surface area (Å²) in [4.78, 5) is 9.47. The van der Waals surface area contributed by atoms with Gasteiger partial charge in [0.1, 0.15) is 11.5 Å². The minimum atomic E-state index is 0.564. The molecular formula is C27H34N8. The molecule has 3 aromatic heterocycles. The number of aromatic amines is 1. The Hall–Kier alpha value is -3.42. The van der Waals surface area contributed by atoms with Gasteiger partial charge in [-0.05, 0) is 46.4 Å². The molecule has 0 saturated heterocycles. The number of hydrogen-bond acceptors (Lipinski definition) is 6. The fourth-order valence-electron chi connectivity index (χ4n) is 5.03. The van der Waals surface area contributed by atoms with E-state index in [1.54, 1.807) is 6.20 Å². The van der Waals surface area contributed by atoms with Crippen molar-refractivity contribution in [2.24, 2.45) is 5.92 Å². The average molecular weight is 471 g/mol. The first kappa shape index (κ1) is 23.3. The van der Waals surface area contributed by atoms with E-state index in [0.29, 0.717) is 5.82 Å². The maximum atomic E-state index is 4.99. The molecule has 1 aliphatic carbocycles. The fourth-order valence-corrected chi connectivity index (χ4v) is 5.03. The third-order valence-electron chi connectivity index (χ3n) is 7.02. The minimum Gasteiger partial charge on any atom is -0.252 e. The van der Waals surface area contributed by atoms with E-state index in [2.05, 4.69) is 61.5 Å². The largest absolute Gasteiger partial charge is 0.252 e. The lowest BCUT2D eigenvalue weighted by atomic mass is 9.86. The summed E-state index contributed by atoms with van der Waals surface area (Å²) >= 11 is 0. The molecule has 1 aliphatic rings. The molecule has 0 spiro atoms. The second kappa shape index (κ2) is 11.3. The number of rotatable bonds is 10. The number of aromatic nitrogens is 8. The van der Waals surface area contributed by atoms with Crippen molar-refractivity contribution in [2.45, 2.75) is 77.7 Å². The van der Waals surface area contributed by atoms with Crippen LogP contribution in [0.3, 0.4) is 0 Å². The van der Waals surface area contributed by atoms with Crippen LogP contribution in [0.2, 0.25) is 0 Å². The molecule has 3 heterocycles. The van der Waals surface area contributed by atoms with Crippen LogP contribution in [0.4, 0.5) is 0 Å². The molecule has 0 radical (unpaired) electrons. The van der Waals surface area contributed by atoms with Gasteiger partial charge in [-0.15, -0.1) is 5.10 Å². The second-order valence-electron chi connectivity index (χ2n) is 9.59. The number of tetrazole rings is 1. The SMILES string of the molecule is CCCCn1nc(CCC2CCCCC2)nc1Cc1ccc(-c2cccnc2-c2nnn[nH]2)cc1. The zero-order chi connectivity index (χ0) is 23.9. The van der Waals surface area contributed by atoms with Crippen LogP contribution >= 0.6 is 0 Å². The number of unbranched alkanes of at least 4 members (excludes halogenated alkanes) is 1. The van der Waals surface area contributed by atoms with Crippen molar-refractivity contribution in [3.05, 3.63) is 59.8 Å². The third kappa shape index (κ3) is 5.81. The molecule has 1 fully saturated rings. The number of nitrogens with zero attached hydrogens (tertiary/aromatic N) is 7. The van der Waals surface area contributed by atoms with Gasteiger partial charge in [0.05, 0.1) is 0 Å². The number of nitrogens with one attached hydrogen (secondary N) is 1. The Morgan fingerprint density at radius 2 is 1.91 bits per heavy atom. The Labute approximate surface area is 206 Å². The zero-order valence-corrected chi connectivity index (χ0v) is 20.5. The van der Waals surface area contributed by atoms with Crippen LogP contribution in [0, 0.1) is 5.92 Å². The van der Waals surface area contributed by atoms with Crippen LogP contribution in [0.5, 0.6) is 0 Å². The molecule has 0 atom stereocenters. The Morgan fingerprint density at radius 3 is 2.69 bits per heavy atom. The lowest BCUT2D eigenvalue weighted by Crippen LogP contribution is -2.08. The normalized spacial score (nSPS) is 14.4. The maximum absolute atomic E-state index is 4.99. The highest BCUT2D eigenvalue weighted by atomic mass is 15.5. The van der Waals surface area contributed by atoms with E-state index in [0.717, 1.165) is 66.6 Å². The lowest BCUT2D eigenvalue weighted by Gasteiger charge is -2.20. The summed E-state index contributed by atoms with van der Waals surface area (Å²) in [5.41, 5.74) is 4.04. The molecule has 5 rings (SSSR count). The molecule has 8 heteroatoms. The third-order valence-corrected chi connectivity index (χ3v) is 7.02. The number of H-pyrrole nitrogens is 1. The van der Waals surface area contributed by atoms with Crippen LogP contribution in [0.25, 0.3) is 22.6 Å². The number of hydrogen-bond donors (Lipinski definition) is 1. The molecule has 0 amide bonds. The van der Waals surface area contributed by atoms with E-state index in [-0.39, 0.29) is 0 Å². The zero-order valence-electron chi connectivity index (χ0n) is 20.5. The number of pyridine rings is 1. The predicted octanol–water partition coefficient (Wildman–Crippen LogP) is 5.42. The average Bonchev–Trinajstić information content (AvgIpc) is 3.58. The van der Waals surface area contributed by atoms with Crippen LogP contribution in [-0.4, -0.2) is 40.4 Å². The summed E-state index contributed by atoms with van der Waals surface area (Å²) in [5, 5.41) is 19.1. The summed E-state index contributed by atoms with van der Waals surface area (Å²) in [6.45, 7) is 3.16. The summed E-state index contributed by atoms with van der Waals surface area (Å²) in [5.74, 6) is 3.50. The van der Waals surface area contributed by atoms with Crippen molar-refractivity contribution in [3.63, 3.8) is 0 Å². The van der Waals surface area contributed by atoms with Gasteiger partial charge >= 0.3 is 0 Å². The van der Waals surface area contributed by atoms with Crippen LogP contribution in [0.15, 0.2) is 42.6 Å². The van der Waals surface area contributed by atoms with E-state index in [1.165, 1.54) is 44.1 Å². The first-order valence-corrected chi connectivity index (χ1v) is 13.0. The Bertz CT molecular complexity index is 1190. The predicted molar refractivity (Wildman–Crippen MR) is 135 cm³/mol. The quantitative estimate of drug-likeness (QED) is 0.332. The summed E-state index contributed by atoms with van der Waals surface area (Å²) in [6.07, 6.45) is 14.0. The fraction of sp³-hybridized carbons (Fsp3) is 0.481. The van der Waals surface area contributed by atoms with Crippen LogP contribution in [-0.2, 0) is 19.4 Å². The molecule has 1 aromatic carbocycles. The van der Waals surface area contributed by atoms with Gasteiger partial charge in [-0.1, -0.05) is 75.8 Å². The van der Waals surface area contributed by atoms with Crippen molar-refractivity contribution >= 4 is 0 Å². The molecule has 4 aromatic rings. The summed E-state index contributed by atoms with van der Waals surface area (Å²) in [7, 11) is 0. The Kier molecular flexibility index (Phi) is 7.56. The van der Waals surface area contributed by atoms with E-state index in [9.17, 15) is 0 Å². The number of benzene rings is 1. The van der Waals surface area contributed by atoms with Crippen LogP contribution < -0.4 is 0 Å². The smallest absolute Gasteiger partial charge is 0.198 e. The van der Waals surface area contributed by atoms with E-state index in [1.807, 2.05) is 12.1 Å². The van der Waals surface area contributed by atoms with E-state index in [4.69, 9.17) is 10.1 Å². The molecule has 0 bridgehead atoms. The van der Waals surface area contributed by atoms with Crippen LogP contribution in [0.1, 0.15) is 75.5 Å². The van der Waals surface area contributed by atoms with Gasteiger partial charge in [0.15, 0.2) is 11.6 Å². The highest BCUT2D eigenvalue weighted by Crippen LogP contribution is 2.29. The van der Waals surface area contributed by atoms with Gasteiger partial charge in [-0.2, -0.15) is 5.10 Å². The molecular weight excluding hydrogens is 436 g/mol. The molecule has 1 saturated carbocycles. The topological polar surface area (TPSA) is 98.1 Å². The Balaban J connectivity index is 1.31. The lowest BCUT2D eigenvalue weighted by molar-refractivity contribution is 0.337. The monoisotopic (exact) mass is 470 g/mol. The minimum absolute atomic E-state index is 0.564. The summed E-state index contributed by atoms with van der Waals surface area (Å²) in [6, 6.07) is 12.6. The molecule has 8 nitrogen and oxygen atoms in total. The van der Waals surface area contributed by atoms with Crippen molar-refractivity contribution in [1.82, 2.24) is 40.4 Å². The van der Waals surface area contributed by atoms with E-state index >= 15 is 0 Å². The molecule has 35 heavy (non-hydrogen) atoms. The summed E-state index contributed by atoms with van der Waals surface area (Å²) < 4.78 is 2.14. The molecule has 182 valence electrons. The molecule has 1 N–H and O–H groups in total. The van der Waals surface area contributed by atoms with Crippen molar-refractivity contribution in [3.8, 4) is 22.6 Å². The Morgan fingerprint density at radius 1 is 1.06 bits per heavy atom.